The molecule has 124 valence electrons. The summed E-state index contributed by atoms with van der Waals surface area (Å²) in [7, 11) is 1.20. The van der Waals surface area contributed by atoms with Crippen LogP contribution in [0.4, 0.5) is 13.2 Å². The number of hydrogen-bond donors (Lipinski definition) is 1. The van der Waals surface area contributed by atoms with Gasteiger partial charge >= 0.3 is 12.1 Å². The molecule has 0 fully saturated rings. The molecular formula is C14H19F3N2O3. The number of H-pyrrole nitrogens is 1. The summed E-state index contributed by atoms with van der Waals surface area (Å²) >= 11 is 0. The Kier molecular flexibility index (Phi) is 5.62. The van der Waals surface area contributed by atoms with Crippen LogP contribution in [-0.4, -0.2) is 48.1 Å². The molecule has 0 aromatic carbocycles. The zero-order valence-corrected chi connectivity index (χ0v) is 12.9. The van der Waals surface area contributed by atoms with Crippen molar-refractivity contribution in [3.05, 3.63) is 22.5 Å². The van der Waals surface area contributed by atoms with E-state index >= 15 is 0 Å². The van der Waals surface area contributed by atoms with E-state index in [9.17, 15) is 22.8 Å². The van der Waals surface area contributed by atoms with Crippen molar-refractivity contribution in [2.45, 2.75) is 33.4 Å². The monoisotopic (exact) mass is 320 g/mol. The van der Waals surface area contributed by atoms with Crippen molar-refractivity contribution >= 4 is 11.9 Å². The number of rotatable bonds is 5. The number of methoxy groups -OCH3 is 1. The van der Waals surface area contributed by atoms with Gasteiger partial charge in [-0.1, -0.05) is 6.92 Å². The van der Waals surface area contributed by atoms with Crippen molar-refractivity contribution < 1.29 is 27.5 Å². The fourth-order valence-corrected chi connectivity index (χ4v) is 2.27. The molecule has 1 heterocycles. The molecule has 0 radical (unpaired) electrons. The number of ether oxygens (including phenoxy) is 1. The van der Waals surface area contributed by atoms with E-state index in [1.165, 1.54) is 14.0 Å². The molecule has 1 aromatic heterocycles. The standard InChI is InChI=1S/C14H19F3N2O3/c1-5-6-19(7-14(15,16)17)12(20)11-8(2)10(9(3)18-11)13(21)22-4/h18H,5-7H2,1-4H3. The van der Waals surface area contributed by atoms with Crippen molar-refractivity contribution in [3.63, 3.8) is 0 Å². The predicted octanol–water partition coefficient (Wildman–Crippen LogP) is 2.83. The molecule has 0 bridgehead atoms. The summed E-state index contributed by atoms with van der Waals surface area (Å²) < 4.78 is 42.4. The van der Waals surface area contributed by atoms with Gasteiger partial charge < -0.3 is 14.6 Å². The first-order chi connectivity index (χ1) is 10.1. The number of hydrogen-bond acceptors (Lipinski definition) is 3. The van der Waals surface area contributed by atoms with Crippen LogP contribution in [-0.2, 0) is 4.74 Å². The summed E-state index contributed by atoms with van der Waals surface area (Å²) in [5.41, 5.74) is 0.832. The summed E-state index contributed by atoms with van der Waals surface area (Å²) in [5, 5.41) is 0. The molecule has 1 amide bonds. The minimum absolute atomic E-state index is 0.0180. The van der Waals surface area contributed by atoms with Gasteiger partial charge in [0.05, 0.1) is 12.7 Å². The maximum absolute atomic E-state index is 12.6. The van der Waals surface area contributed by atoms with Gasteiger partial charge in [0.1, 0.15) is 12.2 Å². The maximum Gasteiger partial charge on any atom is 0.406 e. The van der Waals surface area contributed by atoms with Gasteiger partial charge in [0.25, 0.3) is 5.91 Å². The molecule has 0 saturated heterocycles. The lowest BCUT2D eigenvalue weighted by molar-refractivity contribution is -0.140. The summed E-state index contributed by atoms with van der Waals surface area (Å²) in [4.78, 5) is 27.4. The second-order valence-corrected chi connectivity index (χ2v) is 4.96. The lowest BCUT2D eigenvalue weighted by Crippen LogP contribution is -2.39. The van der Waals surface area contributed by atoms with Crippen LogP contribution >= 0.6 is 0 Å². The third kappa shape index (κ3) is 4.02. The van der Waals surface area contributed by atoms with Crippen molar-refractivity contribution in [1.82, 2.24) is 9.88 Å². The van der Waals surface area contributed by atoms with Gasteiger partial charge in [-0.3, -0.25) is 4.79 Å². The number of alkyl halides is 3. The van der Waals surface area contributed by atoms with E-state index in [2.05, 4.69) is 9.72 Å². The number of amides is 1. The molecule has 1 N–H and O–H groups in total. The average molecular weight is 320 g/mol. The van der Waals surface area contributed by atoms with Gasteiger partial charge in [-0.15, -0.1) is 0 Å². The average Bonchev–Trinajstić information content (AvgIpc) is 2.70. The van der Waals surface area contributed by atoms with Gasteiger partial charge in [0.2, 0.25) is 0 Å². The molecule has 0 unspecified atom stereocenters. The number of carbonyl (C=O) groups excluding carboxylic acids is 2. The van der Waals surface area contributed by atoms with E-state index < -0.39 is 24.6 Å². The summed E-state index contributed by atoms with van der Waals surface area (Å²) in [6.07, 6.45) is -4.09. The lowest BCUT2D eigenvalue weighted by atomic mass is 10.1. The van der Waals surface area contributed by atoms with Crippen LogP contribution in [0.1, 0.15) is 45.4 Å². The van der Waals surface area contributed by atoms with E-state index in [1.807, 2.05) is 0 Å². The normalized spacial score (nSPS) is 11.4. The third-order valence-corrected chi connectivity index (χ3v) is 3.19. The first-order valence-electron chi connectivity index (χ1n) is 6.75. The molecule has 0 aliphatic carbocycles. The highest BCUT2D eigenvalue weighted by Crippen LogP contribution is 2.23. The van der Waals surface area contributed by atoms with Gasteiger partial charge in [-0.2, -0.15) is 13.2 Å². The van der Waals surface area contributed by atoms with Crippen LogP contribution in [0, 0.1) is 13.8 Å². The SMILES string of the molecule is CCCN(CC(F)(F)F)C(=O)c1[nH]c(C)c(C(=O)OC)c1C. The topological polar surface area (TPSA) is 62.4 Å². The van der Waals surface area contributed by atoms with Crippen LogP contribution < -0.4 is 0 Å². The van der Waals surface area contributed by atoms with Crippen molar-refractivity contribution in [2.24, 2.45) is 0 Å². The first-order valence-corrected chi connectivity index (χ1v) is 6.75. The molecule has 0 saturated carbocycles. The van der Waals surface area contributed by atoms with Crippen molar-refractivity contribution in [2.75, 3.05) is 20.2 Å². The first kappa shape index (κ1) is 18.1. The Balaban J connectivity index is 3.17. The predicted molar refractivity (Wildman–Crippen MR) is 73.9 cm³/mol. The number of halogens is 3. The van der Waals surface area contributed by atoms with E-state index in [4.69, 9.17) is 0 Å². The number of esters is 1. The number of nitrogens with one attached hydrogen (secondary N) is 1. The maximum atomic E-state index is 12.6. The molecule has 1 rings (SSSR count). The quantitative estimate of drug-likeness (QED) is 0.849. The molecule has 0 atom stereocenters. The molecule has 0 aliphatic rings. The van der Waals surface area contributed by atoms with Crippen LogP contribution in [0.5, 0.6) is 0 Å². The zero-order chi connectivity index (χ0) is 17.1. The Hall–Kier alpha value is -1.99. The number of aromatic nitrogens is 1. The van der Waals surface area contributed by atoms with Crippen LogP contribution in [0.25, 0.3) is 0 Å². The van der Waals surface area contributed by atoms with Crippen LogP contribution in [0.15, 0.2) is 0 Å². The van der Waals surface area contributed by atoms with E-state index in [0.29, 0.717) is 12.1 Å². The van der Waals surface area contributed by atoms with Gasteiger partial charge in [-0.05, 0) is 25.8 Å². The summed E-state index contributed by atoms with van der Waals surface area (Å²) in [5.74, 6) is -1.42. The van der Waals surface area contributed by atoms with Gasteiger partial charge in [0.15, 0.2) is 0 Å². The highest BCUT2D eigenvalue weighted by molar-refractivity contribution is 6.00. The Morgan fingerprint density at radius 2 is 1.86 bits per heavy atom. The minimum Gasteiger partial charge on any atom is -0.465 e. The molecule has 22 heavy (non-hydrogen) atoms. The van der Waals surface area contributed by atoms with Crippen molar-refractivity contribution in [1.29, 1.82) is 0 Å². The Morgan fingerprint density at radius 1 is 1.27 bits per heavy atom. The van der Waals surface area contributed by atoms with Gasteiger partial charge in [-0.25, -0.2) is 4.79 Å². The Bertz CT molecular complexity index is 564. The van der Waals surface area contributed by atoms with E-state index in [1.54, 1.807) is 13.8 Å². The van der Waals surface area contributed by atoms with E-state index in [-0.39, 0.29) is 23.4 Å². The van der Waals surface area contributed by atoms with Crippen molar-refractivity contribution in [3.8, 4) is 0 Å². The van der Waals surface area contributed by atoms with Crippen LogP contribution in [0.3, 0.4) is 0 Å². The Morgan fingerprint density at radius 3 is 2.32 bits per heavy atom. The highest BCUT2D eigenvalue weighted by Gasteiger charge is 2.34. The lowest BCUT2D eigenvalue weighted by Gasteiger charge is -2.23. The molecular weight excluding hydrogens is 301 g/mol. The largest absolute Gasteiger partial charge is 0.465 e. The molecule has 1 aromatic rings. The molecule has 0 aliphatic heterocycles. The van der Waals surface area contributed by atoms with Gasteiger partial charge in [0, 0.05) is 12.2 Å². The molecule has 8 heteroatoms. The summed E-state index contributed by atoms with van der Waals surface area (Å²) in [6, 6.07) is 0. The summed E-state index contributed by atoms with van der Waals surface area (Å²) in [6.45, 7) is 3.39. The smallest absolute Gasteiger partial charge is 0.406 e. The number of nitrogens with zero attached hydrogens (tertiary/aromatic N) is 1. The number of carbonyl (C=O) groups is 2. The highest BCUT2D eigenvalue weighted by atomic mass is 19.4. The fourth-order valence-electron chi connectivity index (χ4n) is 2.27. The number of aryl methyl sites for hydroxylation is 1. The fraction of sp³-hybridized carbons (Fsp3) is 0.571. The second-order valence-electron chi connectivity index (χ2n) is 4.96. The third-order valence-electron chi connectivity index (χ3n) is 3.19. The number of aromatic amines is 1. The second kappa shape index (κ2) is 6.85. The Labute approximate surface area is 126 Å². The van der Waals surface area contributed by atoms with E-state index in [0.717, 1.165) is 4.90 Å². The zero-order valence-electron chi connectivity index (χ0n) is 12.9. The molecule has 5 nitrogen and oxygen atoms in total. The minimum atomic E-state index is -4.48. The van der Waals surface area contributed by atoms with Crippen LogP contribution in [0.2, 0.25) is 0 Å². The molecule has 0 spiro atoms.